The summed E-state index contributed by atoms with van der Waals surface area (Å²) in [4.78, 5) is 28.8. The molecule has 2 aromatic rings. The van der Waals surface area contributed by atoms with Crippen molar-refractivity contribution in [1.82, 2.24) is 10.2 Å². The van der Waals surface area contributed by atoms with Crippen LogP contribution in [-0.4, -0.2) is 85.2 Å². The number of carbonyl (C=O) groups is 2. The molecule has 0 aromatic heterocycles. The maximum atomic E-state index is 13.8. The van der Waals surface area contributed by atoms with Crippen LogP contribution in [0.1, 0.15) is 23.5 Å². The Hall–Kier alpha value is -3.40. The number of hydrogen-bond donors (Lipinski definition) is 3. The second-order valence-electron chi connectivity index (χ2n) is 9.87. The van der Waals surface area contributed by atoms with E-state index >= 15 is 0 Å². The molecule has 9 nitrogen and oxygen atoms in total. The largest absolute Gasteiger partial charge is 0.497 e. The van der Waals surface area contributed by atoms with Crippen LogP contribution in [0.2, 0.25) is 0 Å². The standard InChI is InChI=1S/C29H34N2O7/c1-36-20-6-4-5-18(15-20)9-12-31(29(35)19-10-14-37-17-19)23-16-22(28(34)30-11-13-32)25-21-7-2-3-8-24(21)38-27(25)26(23)33/h2-8,15-16,19,23,25-27,32-33H,9-14,17H2,1H3,(H,30,34). The Morgan fingerprint density at radius 3 is 2.79 bits per heavy atom. The van der Waals surface area contributed by atoms with E-state index in [0.29, 0.717) is 43.9 Å². The SMILES string of the molecule is COc1cccc(CCN(C(=O)C2CCOC2)C2C=C(C(=O)NCCO)C3c4ccccc4OC3C2O)c1. The molecule has 0 saturated carbocycles. The fourth-order valence-corrected chi connectivity index (χ4v) is 5.64. The Morgan fingerprint density at radius 1 is 1.18 bits per heavy atom. The van der Waals surface area contributed by atoms with E-state index in [9.17, 15) is 19.8 Å². The van der Waals surface area contributed by atoms with E-state index in [-0.39, 0.29) is 30.9 Å². The van der Waals surface area contributed by atoms with Crippen molar-refractivity contribution in [2.24, 2.45) is 5.92 Å². The highest BCUT2D eigenvalue weighted by atomic mass is 16.5. The molecule has 1 fully saturated rings. The second-order valence-corrected chi connectivity index (χ2v) is 9.87. The van der Waals surface area contributed by atoms with Crippen molar-refractivity contribution < 1.29 is 34.0 Å². The zero-order valence-corrected chi connectivity index (χ0v) is 21.4. The first-order chi connectivity index (χ1) is 18.5. The van der Waals surface area contributed by atoms with Crippen LogP contribution in [0.25, 0.3) is 0 Å². The molecule has 2 heterocycles. The number of para-hydroxylation sites is 1. The fourth-order valence-electron chi connectivity index (χ4n) is 5.64. The molecule has 9 heteroatoms. The molecule has 2 aliphatic heterocycles. The third kappa shape index (κ3) is 5.14. The van der Waals surface area contributed by atoms with Gasteiger partial charge >= 0.3 is 0 Å². The lowest BCUT2D eigenvalue weighted by atomic mass is 9.77. The quantitative estimate of drug-likeness (QED) is 0.456. The third-order valence-corrected chi connectivity index (χ3v) is 7.57. The summed E-state index contributed by atoms with van der Waals surface area (Å²) in [5, 5.41) is 23.7. The fraction of sp³-hybridized carbons (Fsp3) is 0.448. The van der Waals surface area contributed by atoms with Gasteiger partial charge in [0.2, 0.25) is 11.8 Å². The molecule has 38 heavy (non-hydrogen) atoms. The Kier molecular flexibility index (Phi) is 7.97. The van der Waals surface area contributed by atoms with Crippen molar-refractivity contribution in [1.29, 1.82) is 0 Å². The first kappa shape index (κ1) is 26.2. The van der Waals surface area contributed by atoms with Gasteiger partial charge in [0.15, 0.2) is 0 Å². The molecule has 0 radical (unpaired) electrons. The van der Waals surface area contributed by atoms with Gasteiger partial charge in [-0.25, -0.2) is 0 Å². The maximum absolute atomic E-state index is 13.8. The van der Waals surface area contributed by atoms with Crippen molar-refractivity contribution >= 4 is 11.8 Å². The molecular formula is C29H34N2O7. The average molecular weight is 523 g/mol. The summed E-state index contributed by atoms with van der Waals surface area (Å²) < 4.78 is 17.0. The summed E-state index contributed by atoms with van der Waals surface area (Å²) in [5.74, 6) is 0.0742. The van der Waals surface area contributed by atoms with Gasteiger partial charge in [0, 0.05) is 30.8 Å². The van der Waals surface area contributed by atoms with Crippen LogP contribution in [0.15, 0.2) is 60.2 Å². The van der Waals surface area contributed by atoms with Crippen LogP contribution in [-0.2, 0) is 20.7 Å². The summed E-state index contributed by atoms with van der Waals surface area (Å²) in [5.41, 5.74) is 2.23. The minimum Gasteiger partial charge on any atom is -0.497 e. The first-order valence-electron chi connectivity index (χ1n) is 13.1. The number of ether oxygens (including phenoxy) is 3. The molecule has 3 aliphatic rings. The van der Waals surface area contributed by atoms with Gasteiger partial charge in [-0.3, -0.25) is 9.59 Å². The van der Waals surface area contributed by atoms with Crippen molar-refractivity contribution in [3.63, 3.8) is 0 Å². The lowest BCUT2D eigenvalue weighted by Gasteiger charge is -2.41. The van der Waals surface area contributed by atoms with E-state index in [2.05, 4.69) is 5.32 Å². The minimum atomic E-state index is -1.06. The molecule has 0 spiro atoms. The second kappa shape index (κ2) is 11.6. The van der Waals surface area contributed by atoms with E-state index < -0.39 is 24.2 Å². The number of fused-ring (bicyclic) bond motifs is 3. The number of methoxy groups -OCH3 is 1. The van der Waals surface area contributed by atoms with Crippen LogP contribution in [0.4, 0.5) is 0 Å². The third-order valence-electron chi connectivity index (χ3n) is 7.57. The highest BCUT2D eigenvalue weighted by molar-refractivity contribution is 5.96. The van der Waals surface area contributed by atoms with Crippen LogP contribution in [0.5, 0.6) is 11.5 Å². The summed E-state index contributed by atoms with van der Waals surface area (Å²) in [6.45, 7) is 1.08. The molecular weight excluding hydrogens is 488 g/mol. The Balaban J connectivity index is 1.50. The zero-order chi connectivity index (χ0) is 26.6. The smallest absolute Gasteiger partial charge is 0.247 e. The minimum absolute atomic E-state index is 0.0984. The number of hydrogen-bond acceptors (Lipinski definition) is 7. The highest BCUT2D eigenvalue weighted by Crippen LogP contribution is 2.47. The topological polar surface area (TPSA) is 118 Å². The number of amides is 2. The highest BCUT2D eigenvalue weighted by Gasteiger charge is 2.50. The Morgan fingerprint density at radius 2 is 2.03 bits per heavy atom. The van der Waals surface area contributed by atoms with Crippen molar-refractivity contribution in [3.05, 3.63) is 71.3 Å². The van der Waals surface area contributed by atoms with Gasteiger partial charge in [0.05, 0.1) is 38.2 Å². The van der Waals surface area contributed by atoms with Crippen LogP contribution in [0, 0.1) is 5.92 Å². The average Bonchev–Trinajstić information content (AvgIpc) is 3.62. The Bertz CT molecular complexity index is 1190. The molecule has 5 unspecified atom stereocenters. The van der Waals surface area contributed by atoms with Crippen LogP contribution in [0.3, 0.4) is 0 Å². The zero-order valence-electron chi connectivity index (χ0n) is 21.4. The van der Waals surface area contributed by atoms with E-state index in [1.807, 2.05) is 48.5 Å². The van der Waals surface area contributed by atoms with Gasteiger partial charge in [-0.05, 0) is 42.7 Å². The van der Waals surface area contributed by atoms with Crippen LogP contribution < -0.4 is 14.8 Å². The molecule has 2 aromatic carbocycles. The van der Waals surface area contributed by atoms with Gasteiger partial charge in [-0.15, -0.1) is 0 Å². The summed E-state index contributed by atoms with van der Waals surface area (Å²) >= 11 is 0. The molecule has 3 N–H and O–H groups in total. The molecule has 1 saturated heterocycles. The maximum Gasteiger partial charge on any atom is 0.247 e. The normalized spacial score (nSPS) is 25.6. The van der Waals surface area contributed by atoms with Crippen molar-refractivity contribution in [3.8, 4) is 11.5 Å². The van der Waals surface area contributed by atoms with E-state index in [1.165, 1.54) is 0 Å². The Labute approximate surface area is 222 Å². The number of benzene rings is 2. The van der Waals surface area contributed by atoms with E-state index in [1.54, 1.807) is 18.1 Å². The predicted molar refractivity (Wildman–Crippen MR) is 139 cm³/mol. The predicted octanol–water partition coefficient (Wildman–Crippen LogP) is 1.43. The van der Waals surface area contributed by atoms with Gasteiger partial charge in [-0.2, -0.15) is 0 Å². The van der Waals surface area contributed by atoms with Gasteiger partial charge in [-0.1, -0.05) is 30.3 Å². The van der Waals surface area contributed by atoms with Gasteiger partial charge < -0.3 is 34.6 Å². The summed E-state index contributed by atoms with van der Waals surface area (Å²) in [7, 11) is 1.61. The molecule has 5 rings (SSSR count). The summed E-state index contributed by atoms with van der Waals surface area (Å²) in [6.07, 6.45) is 1.07. The van der Waals surface area contributed by atoms with Crippen LogP contribution >= 0.6 is 0 Å². The lowest BCUT2D eigenvalue weighted by Crippen LogP contribution is -2.57. The number of nitrogens with one attached hydrogen (secondary N) is 1. The molecule has 0 bridgehead atoms. The van der Waals surface area contributed by atoms with Gasteiger partial charge in [0.25, 0.3) is 0 Å². The van der Waals surface area contributed by atoms with Gasteiger partial charge in [0.1, 0.15) is 23.7 Å². The molecule has 1 aliphatic carbocycles. The van der Waals surface area contributed by atoms with E-state index in [4.69, 9.17) is 14.2 Å². The lowest BCUT2D eigenvalue weighted by molar-refractivity contribution is -0.141. The number of aliphatic hydroxyl groups is 2. The first-order valence-corrected chi connectivity index (χ1v) is 13.1. The number of rotatable bonds is 9. The molecule has 5 atom stereocenters. The van der Waals surface area contributed by atoms with Crippen molar-refractivity contribution in [2.45, 2.75) is 37.0 Å². The van der Waals surface area contributed by atoms with E-state index in [0.717, 1.165) is 16.9 Å². The number of carbonyl (C=O) groups excluding carboxylic acids is 2. The number of nitrogens with zero attached hydrogens (tertiary/aromatic N) is 1. The number of aliphatic hydroxyl groups excluding tert-OH is 2. The van der Waals surface area contributed by atoms with Crippen molar-refractivity contribution in [2.75, 3.05) is 40.0 Å². The summed E-state index contributed by atoms with van der Waals surface area (Å²) in [6, 6.07) is 14.3. The molecule has 202 valence electrons. The monoisotopic (exact) mass is 522 g/mol. The molecule has 2 amide bonds.